The third-order valence-corrected chi connectivity index (χ3v) is 8.62. The number of aliphatic hydroxyl groups is 4. The molecule has 12 nitrogen and oxygen atoms in total. The average molecular weight is 567 g/mol. The molecule has 214 valence electrons. The molecule has 3 aliphatic rings. The van der Waals surface area contributed by atoms with Crippen LogP contribution in [-0.2, 0) is 33.4 Å². The van der Waals surface area contributed by atoms with Gasteiger partial charge in [0.25, 0.3) is 11.8 Å². The number of piperidine rings is 1. The summed E-state index contributed by atoms with van der Waals surface area (Å²) in [5.41, 5.74) is -6.80. The molecule has 5 N–H and O–H groups in total. The molecule has 0 aliphatic carbocycles. The minimum Gasteiger partial charge on any atom is -0.435 e. The Morgan fingerprint density at radius 3 is 2.41 bits per heavy atom. The number of carbonyl (C=O) groups excluding carboxylic acids is 3. The Hall–Kier alpha value is -3.27. The fraction of sp³-hybridized carbons (Fsp3) is 0.400. The van der Waals surface area contributed by atoms with E-state index in [1.165, 1.54) is 38.2 Å². The second-order valence-electron chi connectivity index (χ2n) is 11.1. The van der Waals surface area contributed by atoms with Crippen LogP contribution in [0.5, 0.6) is 5.75 Å². The zero-order chi connectivity index (χ0) is 30.0. The van der Waals surface area contributed by atoms with E-state index in [9.17, 15) is 39.2 Å². The lowest BCUT2D eigenvalue weighted by Gasteiger charge is -2.56. The normalized spacial score (nSPS) is 28.9. The van der Waals surface area contributed by atoms with Gasteiger partial charge in [0.05, 0.1) is 30.8 Å². The van der Waals surface area contributed by atoms with Crippen molar-refractivity contribution in [3.63, 3.8) is 0 Å². The van der Waals surface area contributed by atoms with Crippen LogP contribution in [0.1, 0.15) is 27.0 Å². The number of hydrogen-bond donors (Lipinski definition) is 5. The molecule has 5 rings (SSSR count). The van der Waals surface area contributed by atoms with Crippen molar-refractivity contribution in [2.45, 2.75) is 35.5 Å². The van der Waals surface area contributed by atoms with E-state index >= 15 is 0 Å². The first-order chi connectivity index (χ1) is 19.1. The molecular formula is C25H29B3FN3O9. The number of imide groups is 1. The molecule has 2 aromatic carbocycles. The zero-order valence-corrected chi connectivity index (χ0v) is 22.8. The molecule has 16 heteroatoms. The predicted molar refractivity (Wildman–Crippen MR) is 147 cm³/mol. The lowest BCUT2D eigenvalue weighted by Crippen LogP contribution is -2.86. The van der Waals surface area contributed by atoms with Crippen LogP contribution in [0.3, 0.4) is 0 Å². The molecule has 3 amide bonds. The molecule has 0 bridgehead atoms. The molecule has 3 unspecified atom stereocenters. The largest absolute Gasteiger partial charge is 0.435 e. The molecule has 3 atom stereocenters. The number of benzene rings is 2. The van der Waals surface area contributed by atoms with Gasteiger partial charge in [0.1, 0.15) is 38.2 Å². The van der Waals surface area contributed by atoms with Crippen molar-refractivity contribution in [1.82, 2.24) is 15.1 Å². The summed E-state index contributed by atoms with van der Waals surface area (Å²) in [6, 6.07) is 8.07. The summed E-state index contributed by atoms with van der Waals surface area (Å²) in [6.45, 7) is 2.50. The van der Waals surface area contributed by atoms with Crippen LogP contribution in [0, 0.1) is 5.82 Å². The zero-order valence-electron chi connectivity index (χ0n) is 22.8. The number of halogens is 1. The number of amides is 3. The van der Waals surface area contributed by atoms with E-state index in [1.54, 1.807) is 0 Å². The second-order valence-corrected chi connectivity index (χ2v) is 11.1. The van der Waals surface area contributed by atoms with E-state index < -0.39 is 51.5 Å². The third-order valence-electron chi connectivity index (χ3n) is 8.62. The van der Waals surface area contributed by atoms with Crippen LogP contribution < -0.4 is 10.1 Å². The van der Waals surface area contributed by atoms with Gasteiger partial charge < -0.3 is 34.8 Å². The van der Waals surface area contributed by atoms with Crippen LogP contribution in [0.4, 0.5) is 4.39 Å². The number of ether oxygens (including phenoxy) is 2. The number of nitrogens with zero attached hydrogens (tertiary/aromatic N) is 2. The standard InChI is InChI=1S/C25H29B3FN3O9/c26-22(20(34)30-21(35)23(27,36)25(22,28)39)32-12-15-14(19(32)33)2-1-3-18(15)41-24(37,38)16-10-13(4-5-17(16)29)11-31-6-8-40-9-7-31/h1-5,10,36-39H,6-9,11-12,26-28H2,(H,30,34,35). The number of fused-ring (bicyclic) bond motifs is 1. The predicted octanol–water partition coefficient (Wildman–Crippen LogP) is -4.58. The Labute approximate surface area is 237 Å². The van der Waals surface area contributed by atoms with Gasteiger partial charge in [-0.3, -0.25) is 24.6 Å². The van der Waals surface area contributed by atoms with Crippen LogP contribution in [0.15, 0.2) is 36.4 Å². The quantitative estimate of drug-likeness (QED) is 0.130. The Kier molecular flexibility index (Phi) is 7.08. The van der Waals surface area contributed by atoms with Crippen LogP contribution in [0.2, 0.25) is 0 Å². The van der Waals surface area contributed by atoms with Gasteiger partial charge in [-0.2, -0.15) is 0 Å². The first-order valence-corrected chi connectivity index (χ1v) is 13.1. The highest BCUT2D eigenvalue weighted by Gasteiger charge is 2.68. The summed E-state index contributed by atoms with van der Waals surface area (Å²) in [5.74, 6) is -7.15. The number of morpholine rings is 1. The second kappa shape index (κ2) is 9.93. The number of carbonyl (C=O) groups is 3. The first-order valence-electron chi connectivity index (χ1n) is 13.1. The van der Waals surface area contributed by atoms with Crippen LogP contribution in [0.25, 0.3) is 0 Å². The van der Waals surface area contributed by atoms with Crippen molar-refractivity contribution >= 4 is 41.3 Å². The van der Waals surface area contributed by atoms with Crippen LogP contribution >= 0.6 is 0 Å². The topological polar surface area (TPSA) is 169 Å². The molecule has 3 aliphatic heterocycles. The highest BCUT2D eigenvalue weighted by molar-refractivity contribution is 6.46. The molecule has 2 saturated heterocycles. The third kappa shape index (κ3) is 4.55. The molecule has 0 aromatic heterocycles. The van der Waals surface area contributed by atoms with Crippen molar-refractivity contribution < 1.29 is 48.7 Å². The van der Waals surface area contributed by atoms with Gasteiger partial charge in [-0.25, -0.2) is 4.39 Å². The first kappa shape index (κ1) is 29.2. The van der Waals surface area contributed by atoms with Crippen LogP contribution in [-0.4, -0.2) is 114 Å². The smallest absolute Gasteiger partial charge is 0.354 e. The van der Waals surface area contributed by atoms with E-state index in [2.05, 4.69) is 4.90 Å². The van der Waals surface area contributed by atoms with E-state index in [0.29, 0.717) is 38.4 Å². The lowest BCUT2D eigenvalue weighted by molar-refractivity contribution is -0.305. The summed E-state index contributed by atoms with van der Waals surface area (Å²) in [7, 11) is 3.32. The lowest BCUT2D eigenvalue weighted by atomic mass is 9.43. The molecule has 0 saturated carbocycles. The van der Waals surface area contributed by atoms with Crippen molar-refractivity contribution in [2.75, 3.05) is 26.3 Å². The van der Waals surface area contributed by atoms with Crippen molar-refractivity contribution in [3.05, 3.63) is 64.5 Å². The van der Waals surface area contributed by atoms with Crippen molar-refractivity contribution in [3.8, 4) is 5.75 Å². The van der Waals surface area contributed by atoms with Crippen molar-refractivity contribution in [2.24, 2.45) is 0 Å². The highest BCUT2D eigenvalue weighted by atomic mass is 19.1. The maximum atomic E-state index is 14.9. The van der Waals surface area contributed by atoms with E-state index in [0.717, 1.165) is 26.7 Å². The van der Waals surface area contributed by atoms with Gasteiger partial charge in [-0.15, -0.1) is 0 Å². The summed E-state index contributed by atoms with van der Waals surface area (Å²) >= 11 is 0. The summed E-state index contributed by atoms with van der Waals surface area (Å²) < 4.78 is 25.7. The Bertz CT molecular complexity index is 1430. The Morgan fingerprint density at radius 2 is 1.73 bits per heavy atom. The molecular weight excluding hydrogens is 538 g/mol. The summed E-state index contributed by atoms with van der Waals surface area (Å²) in [5, 5.41) is 45.9. The van der Waals surface area contributed by atoms with Gasteiger partial charge in [0.2, 0.25) is 5.91 Å². The van der Waals surface area contributed by atoms with E-state index in [1.807, 2.05) is 5.32 Å². The maximum Gasteiger partial charge on any atom is 0.354 e. The van der Waals surface area contributed by atoms with E-state index in [4.69, 9.17) is 9.47 Å². The Morgan fingerprint density at radius 1 is 1.05 bits per heavy atom. The van der Waals surface area contributed by atoms with Gasteiger partial charge in [0.15, 0.2) is 7.85 Å². The SMILES string of the molecule is BC1(O)C(=O)NC(=O)C(B)(N2Cc3c(OC(O)(O)c4cc(CN5CCOCC5)ccc4F)cccc3C2=O)C1(B)O. The molecule has 2 aromatic rings. The molecule has 0 spiro atoms. The fourth-order valence-electron chi connectivity index (χ4n) is 5.56. The molecule has 2 fully saturated rings. The fourth-order valence-corrected chi connectivity index (χ4v) is 5.56. The Balaban J connectivity index is 1.45. The van der Waals surface area contributed by atoms with Gasteiger partial charge in [-0.1, -0.05) is 12.1 Å². The minimum atomic E-state index is -3.15. The van der Waals surface area contributed by atoms with Gasteiger partial charge >= 0.3 is 5.97 Å². The summed E-state index contributed by atoms with van der Waals surface area (Å²) in [4.78, 5) is 41.9. The van der Waals surface area contributed by atoms with Gasteiger partial charge in [0, 0.05) is 30.8 Å². The number of hydrogen-bond acceptors (Lipinski definition) is 10. The average Bonchev–Trinajstić information content (AvgIpc) is 3.26. The molecule has 3 heterocycles. The van der Waals surface area contributed by atoms with E-state index in [-0.39, 0.29) is 23.4 Å². The molecule has 0 radical (unpaired) electrons. The molecule has 41 heavy (non-hydrogen) atoms. The number of nitrogens with one attached hydrogen (secondary N) is 1. The van der Waals surface area contributed by atoms with Crippen molar-refractivity contribution in [1.29, 1.82) is 0 Å². The highest BCUT2D eigenvalue weighted by Crippen LogP contribution is 2.42. The summed E-state index contributed by atoms with van der Waals surface area (Å²) in [6.07, 6.45) is 0. The maximum absolute atomic E-state index is 14.9. The number of rotatable bonds is 6. The minimum absolute atomic E-state index is 0.0150. The van der Waals surface area contributed by atoms with Gasteiger partial charge in [-0.05, 0) is 29.8 Å². The monoisotopic (exact) mass is 567 g/mol.